The summed E-state index contributed by atoms with van der Waals surface area (Å²) in [4.78, 5) is 0. The van der Waals surface area contributed by atoms with Gasteiger partial charge in [0.15, 0.2) is 0 Å². The topological polar surface area (TPSA) is 21.3 Å². The highest BCUT2D eigenvalue weighted by atomic mass is 35.5. The van der Waals surface area contributed by atoms with Gasteiger partial charge in [-0.3, -0.25) is 0 Å². The summed E-state index contributed by atoms with van der Waals surface area (Å²) in [5.74, 6) is 1.83. The van der Waals surface area contributed by atoms with Gasteiger partial charge in [0.05, 0.1) is 0 Å². The molecule has 0 heterocycles. The van der Waals surface area contributed by atoms with Gasteiger partial charge in [0.2, 0.25) is 0 Å². The van der Waals surface area contributed by atoms with E-state index in [1.54, 1.807) is 0 Å². The van der Waals surface area contributed by atoms with Crippen molar-refractivity contribution in [3.63, 3.8) is 0 Å². The van der Waals surface area contributed by atoms with Gasteiger partial charge < -0.3 is 10.1 Å². The minimum Gasteiger partial charge on any atom is -0.492 e. The van der Waals surface area contributed by atoms with E-state index in [1.165, 1.54) is 25.7 Å². The minimum absolute atomic E-state index is 0.439. The molecule has 0 aromatic heterocycles. The third-order valence-corrected chi connectivity index (χ3v) is 3.51. The van der Waals surface area contributed by atoms with E-state index in [4.69, 9.17) is 16.3 Å². The molecule has 17 heavy (non-hydrogen) atoms. The van der Waals surface area contributed by atoms with Crippen LogP contribution in [0.3, 0.4) is 0 Å². The van der Waals surface area contributed by atoms with E-state index in [0.29, 0.717) is 12.6 Å². The highest BCUT2D eigenvalue weighted by Crippen LogP contribution is 2.33. The van der Waals surface area contributed by atoms with Crippen LogP contribution in [0.5, 0.6) is 5.75 Å². The van der Waals surface area contributed by atoms with Gasteiger partial charge in [-0.15, -0.1) is 0 Å². The Labute approximate surface area is 108 Å². The molecule has 0 radical (unpaired) electrons. The first-order chi connectivity index (χ1) is 8.28. The lowest BCUT2D eigenvalue weighted by Crippen LogP contribution is -2.31. The average Bonchev–Trinajstić information content (AvgIpc) is 3.13. The number of hydrogen-bond acceptors (Lipinski definition) is 2. The van der Waals surface area contributed by atoms with Crippen LogP contribution in [0.15, 0.2) is 24.3 Å². The zero-order chi connectivity index (χ0) is 12.1. The predicted molar refractivity (Wildman–Crippen MR) is 71.8 cm³/mol. The second-order valence-electron chi connectivity index (χ2n) is 4.77. The molecule has 2 rings (SSSR count). The summed E-state index contributed by atoms with van der Waals surface area (Å²) >= 11 is 5.91. The standard InChI is InChI=1S/C14H20ClNO/c1-16-13(8-7-11-5-6-11)10-17-14-4-2-3-12(15)9-14/h2-4,9,11,13,16H,5-8,10H2,1H3. The molecule has 0 spiro atoms. The SMILES string of the molecule is CNC(CCC1CC1)COc1cccc(Cl)c1. The zero-order valence-electron chi connectivity index (χ0n) is 10.3. The van der Waals surface area contributed by atoms with Crippen LogP contribution in [0.4, 0.5) is 0 Å². The van der Waals surface area contributed by atoms with Crippen LogP contribution in [0.25, 0.3) is 0 Å². The molecule has 0 aliphatic heterocycles. The maximum Gasteiger partial charge on any atom is 0.120 e. The van der Waals surface area contributed by atoms with E-state index in [1.807, 2.05) is 31.3 Å². The van der Waals surface area contributed by atoms with E-state index < -0.39 is 0 Å². The van der Waals surface area contributed by atoms with Gasteiger partial charge in [0.25, 0.3) is 0 Å². The number of halogens is 1. The second kappa shape index (κ2) is 6.27. The van der Waals surface area contributed by atoms with Crippen molar-refractivity contribution in [1.82, 2.24) is 5.32 Å². The summed E-state index contributed by atoms with van der Waals surface area (Å²) in [6, 6.07) is 8.01. The number of benzene rings is 1. The normalized spacial score (nSPS) is 16.8. The molecule has 1 N–H and O–H groups in total. The van der Waals surface area contributed by atoms with Gasteiger partial charge in [-0.25, -0.2) is 0 Å². The van der Waals surface area contributed by atoms with E-state index >= 15 is 0 Å². The molecule has 3 heteroatoms. The van der Waals surface area contributed by atoms with Crippen LogP contribution in [0.2, 0.25) is 5.02 Å². The molecule has 1 aliphatic rings. The van der Waals surface area contributed by atoms with Crippen molar-refractivity contribution in [3.05, 3.63) is 29.3 Å². The Balaban J connectivity index is 1.74. The Morgan fingerprint density at radius 2 is 2.29 bits per heavy atom. The van der Waals surface area contributed by atoms with Crippen molar-refractivity contribution in [2.45, 2.75) is 31.7 Å². The smallest absolute Gasteiger partial charge is 0.120 e. The van der Waals surface area contributed by atoms with Crippen molar-refractivity contribution in [1.29, 1.82) is 0 Å². The third kappa shape index (κ3) is 4.57. The summed E-state index contributed by atoms with van der Waals surface area (Å²) < 4.78 is 5.75. The Morgan fingerprint density at radius 1 is 1.47 bits per heavy atom. The van der Waals surface area contributed by atoms with Gasteiger partial charge in [0, 0.05) is 11.1 Å². The first-order valence-corrected chi connectivity index (χ1v) is 6.71. The molecule has 1 aromatic carbocycles. The maximum absolute atomic E-state index is 5.91. The fourth-order valence-electron chi connectivity index (χ4n) is 1.91. The fourth-order valence-corrected chi connectivity index (χ4v) is 2.09. The summed E-state index contributed by atoms with van der Waals surface area (Å²) in [5.41, 5.74) is 0. The van der Waals surface area contributed by atoms with E-state index in [0.717, 1.165) is 16.7 Å². The molecule has 94 valence electrons. The fraction of sp³-hybridized carbons (Fsp3) is 0.571. The van der Waals surface area contributed by atoms with Crippen LogP contribution < -0.4 is 10.1 Å². The van der Waals surface area contributed by atoms with E-state index in [2.05, 4.69) is 5.32 Å². The number of hydrogen-bond donors (Lipinski definition) is 1. The summed E-state index contributed by atoms with van der Waals surface area (Å²) in [7, 11) is 2.00. The summed E-state index contributed by atoms with van der Waals surface area (Å²) in [5, 5.41) is 4.04. The van der Waals surface area contributed by atoms with Gasteiger partial charge >= 0.3 is 0 Å². The van der Waals surface area contributed by atoms with Crippen LogP contribution in [0.1, 0.15) is 25.7 Å². The van der Waals surface area contributed by atoms with Crippen molar-refractivity contribution < 1.29 is 4.74 Å². The molecular weight excluding hydrogens is 234 g/mol. The summed E-state index contributed by atoms with van der Waals surface area (Å²) in [6.45, 7) is 0.712. The highest BCUT2D eigenvalue weighted by Gasteiger charge is 2.22. The Morgan fingerprint density at radius 3 is 2.94 bits per heavy atom. The molecule has 1 fully saturated rings. The monoisotopic (exact) mass is 253 g/mol. The lowest BCUT2D eigenvalue weighted by molar-refractivity contribution is 0.259. The Hall–Kier alpha value is -0.730. The number of ether oxygens (including phenoxy) is 1. The van der Waals surface area contributed by atoms with Crippen molar-refractivity contribution in [2.24, 2.45) is 5.92 Å². The predicted octanol–water partition coefficient (Wildman–Crippen LogP) is 3.50. The molecule has 1 unspecified atom stereocenters. The molecule has 1 atom stereocenters. The quantitative estimate of drug-likeness (QED) is 0.803. The van der Waals surface area contributed by atoms with Crippen LogP contribution in [-0.2, 0) is 0 Å². The van der Waals surface area contributed by atoms with Crippen LogP contribution >= 0.6 is 11.6 Å². The number of likely N-dealkylation sites (N-methyl/N-ethyl adjacent to an activating group) is 1. The first kappa shape index (κ1) is 12.7. The zero-order valence-corrected chi connectivity index (χ0v) is 11.0. The van der Waals surface area contributed by atoms with Gasteiger partial charge in [-0.2, -0.15) is 0 Å². The second-order valence-corrected chi connectivity index (χ2v) is 5.21. The van der Waals surface area contributed by atoms with Crippen LogP contribution in [-0.4, -0.2) is 19.7 Å². The van der Waals surface area contributed by atoms with Crippen molar-refractivity contribution in [2.75, 3.05) is 13.7 Å². The van der Waals surface area contributed by atoms with Crippen molar-refractivity contribution in [3.8, 4) is 5.75 Å². The van der Waals surface area contributed by atoms with E-state index in [9.17, 15) is 0 Å². The Bertz CT molecular complexity index is 352. The molecule has 0 amide bonds. The number of nitrogens with one attached hydrogen (secondary N) is 1. The van der Waals surface area contributed by atoms with Crippen molar-refractivity contribution >= 4 is 11.6 Å². The maximum atomic E-state index is 5.91. The minimum atomic E-state index is 0.439. The van der Waals surface area contributed by atoms with Gasteiger partial charge in [-0.1, -0.05) is 30.5 Å². The Kier molecular flexibility index (Phi) is 4.69. The molecule has 1 aromatic rings. The highest BCUT2D eigenvalue weighted by molar-refractivity contribution is 6.30. The first-order valence-electron chi connectivity index (χ1n) is 6.33. The van der Waals surface area contributed by atoms with Crippen LogP contribution in [0, 0.1) is 5.92 Å². The molecular formula is C14H20ClNO. The summed E-state index contributed by atoms with van der Waals surface area (Å²) in [6.07, 6.45) is 5.36. The third-order valence-electron chi connectivity index (χ3n) is 3.28. The van der Waals surface area contributed by atoms with Gasteiger partial charge in [0.1, 0.15) is 12.4 Å². The van der Waals surface area contributed by atoms with Gasteiger partial charge in [-0.05, 0) is 44.0 Å². The molecule has 0 bridgehead atoms. The molecule has 0 saturated heterocycles. The lowest BCUT2D eigenvalue weighted by Gasteiger charge is -2.17. The molecule has 2 nitrogen and oxygen atoms in total. The molecule has 1 aliphatic carbocycles. The lowest BCUT2D eigenvalue weighted by atomic mass is 10.1. The largest absolute Gasteiger partial charge is 0.492 e. The number of rotatable bonds is 7. The van der Waals surface area contributed by atoms with E-state index in [-0.39, 0.29) is 0 Å². The molecule has 1 saturated carbocycles. The average molecular weight is 254 g/mol.